The monoisotopic (exact) mass is 341 g/mol. The number of aliphatic hydroxyl groups excluding tert-OH is 1. The SMILES string of the molecule is CC(N)(CO)COCc1ccc(C(=O)CCCc2ccccc2)cc1. The second kappa shape index (κ2) is 9.47. The summed E-state index contributed by atoms with van der Waals surface area (Å²) in [5, 5.41) is 9.09. The Bertz CT molecular complexity index is 651. The first-order valence-corrected chi connectivity index (χ1v) is 8.64. The van der Waals surface area contributed by atoms with Crippen LogP contribution in [0.15, 0.2) is 54.6 Å². The number of Topliss-reactive ketones (excluding diaryl/α,β-unsaturated/α-hetero) is 1. The highest BCUT2D eigenvalue weighted by molar-refractivity contribution is 5.96. The van der Waals surface area contributed by atoms with Gasteiger partial charge in [-0.1, -0.05) is 54.6 Å². The zero-order valence-electron chi connectivity index (χ0n) is 14.8. The average Bonchev–Trinajstić information content (AvgIpc) is 2.63. The summed E-state index contributed by atoms with van der Waals surface area (Å²) in [6, 6.07) is 17.7. The minimum Gasteiger partial charge on any atom is -0.394 e. The van der Waals surface area contributed by atoms with E-state index in [4.69, 9.17) is 15.6 Å². The maximum Gasteiger partial charge on any atom is 0.162 e. The van der Waals surface area contributed by atoms with Crippen molar-refractivity contribution in [3.8, 4) is 0 Å². The number of hydrogen-bond donors (Lipinski definition) is 2. The summed E-state index contributed by atoms with van der Waals surface area (Å²) in [6.45, 7) is 2.31. The summed E-state index contributed by atoms with van der Waals surface area (Å²) in [5.41, 5.74) is 8.06. The van der Waals surface area contributed by atoms with Crippen LogP contribution in [-0.4, -0.2) is 29.6 Å². The molecule has 0 spiro atoms. The van der Waals surface area contributed by atoms with Gasteiger partial charge in [-0.3, -0.25) is 4.79 Å². The highest BCUT2D eigenvalue weighted by Crippen LogP contribution is 2.12. The quantitative estimate of drug-likeness (QED) is 0.651. The molecule has 0 fully saturated rings. The van der Waals surface area contributed by atoms with Crippen molar-refractivity contribution in [2.24, 2.45) is 5.73 Å². The molecular formula is C21H27NO3. The first-order valence-electron chi connectivity index (χ1n) is 8.64. The van der Waals surface area contributed by atoms with Gasteiger partial charge in [-0.05, 0) is 30.9 Å². The molecule has 0 aliphatic rings. The molecular weight excluding hydrogens is 314 g/mol. The maximum absolute atomic E-state index is 12.3. The predicted octanol–water partition coefficient (Wildman–Crippen LogP) is 3.12. The van der Waals surface area contributed by atoms with Crippen LogP contribution < -0.4 is 5.73 Å². The second-order valence-corrected chi connectivity index (χ2v) is 6.76. The average molecular weight is 341 g/mol. The molecule has 0 saturated carbocycles. The number of aliphatic hydroxyl groups is 1. The number of ketones is 1. The van der Waals surface area contributed by atoms with E-state index in [1.54, 1.807) is 6.92 Å². The topological polar surface area (TPSA) is 72.6 Å². The summed E-state index contributed by atoms with van der Waals surface area (Å²) >= 11 is 0. The fourth-order valence-corrected chi connectivity index (χ4v) is 2.48. The van der Waals surface area contributed by atoms with Gasteiger partial charge in [0.1, 0.15) is 0 Å². The number of carbonyl (C=O) groups is 1. The van der Waals surface area contributed by atoms with Gasteiger partial charge in [-0.15, -0.1) is 0 Å². The van der Waals surface area contributed by atoms with Crippen LogP contribution in [-0.2, 0) is 17.8 Å². The van der Waals surface area contributed by atoms with Gasteiger partial charge in [-0.2, -0.15) is 0 Å². The van der Waals surface area contributed by atoms with E-state index in [1.165, 1.54) is 5.56 Å². The Morgan fingerprint density at radius 2 is 1.76 bits per heavy atom. The molecule has 1 unspecified atom stereocenters. The van der Waals surface area contributed by atoms with Crippen molar-refractivity contribution >= 4 is 5.78 Å². The number of carbonyl (C=O) groups excluding carboxylic acids is 1. The van der Waals surface area contributed by atoms with Crippen molar-refractivity contribution in [1.82, 2.24) is 0 Å². The lowest BCUT2D eigenvalue weighted by Gasteiger charge is -2.21. The Morgan fingerprint density at radius 1 is 1.08 bits per heavy atom. The molecule has 0 aromatic heterocycles. The van der Waals surface area contributed by atoms with Crippen LogP contribution in [0.5, 0.6) is 0 Å². The minimum absolute atomic E-state index is 0.122. The normalized spacial score (nSPS) is 13.4. The molecule has 0 bridgehead atoms. The smallest absolute Gasteiger partial charge is 0.162 e. The number of aryl methyl sites for hydroxylation is 1. The number of hydrogen-bond acceptors (Lipinski definition) is 4. The molecule has 134 valence electrons. The summed E-state index contributed by atoms with van der Waals surface area (Å²) in [6.07, 6.45) is 2.32. The molecule has 4 heteroatoms. The molecule has 0 radical (unpaired) electrons. The minimum atomic E-state index is -0.728. The molecule has 2 rings (SSSR count). The third kappa shape index (κ3) is 6.78. The van der Waals surface area contributed by atoms with E-state index in [1.807, 2.05) is 42.5 Å². The number of benzene rings is 2. The molecule has 0 amide bonds. The lowest BCUT2D eigenvalue weighted by molar-refractivity contribution is 0.0535. The Kier molecular flexibility index (Phi) is 7.31. The molecule has 0 heterocycles. The Hall–Kier alpha value is -2.01. The van der Waals surface area contributed by atoms with E-state index in [9.17, 15) is 4.79 Å². The molecule has 1 atom stereocenters. The highest BCUT2D eigenvalue weighted by atomic mass is 16.5. The van der Waals surface area contributed by atoms with Crippen LogP contribution in [0, 0.1) is 0 Å². The van der Waals surface area contributed by atoms with E-state index >= 15 is 0 Å². The fraction of sp³-hybridized carbons (Fsp3) is 0.381. The summed E-state index contributed by atoms with van der Waals surface area (Å²) in [5.74, 6) is 0.165. The Balaban J connectivity index is 1.76. The molecule has 0 saturated heterocycles. The van der Waals surface area contributed by atoms with Gasteiger partial charge >= 0.3 is 0 Å². The van der Waals surface area contributed by atoms with Gasteiger partial charge in [0, 0.05) is 12.0 Å². The third-order valence-corrected chi connectivity index (χ3v) is 4.05. The first kappa shape index (κ1) is 19.3. The number of ether oxygens (including phenoxy) is 1. The van der Waals surface area contributed by atoms with Gasteiger partial charge in [0.05, 0.1) is 25.4 Å². The number of nitrogens with two attached hydrogens (primary N) is 1. The molecule has 0 aliphatic heterocycles. The molecule has 2 aromatic carbocycles. The van der Waals surface area contributed by atoms with E-state index in [-0.39, 0.29) is 19.0 Å². The van der Waals surface area contributed by atoms with Crippen LogP contribution in [0.4, 0.5) is 0 Å². The molecule has 4 nitrogen and oxygen atoms in total. The summed E-state index contributed by atoms with van der Waals surface area (Å²) < 4.78 is 5.52. The predicted molar refractivity (Wildman–Crippen MR) is 99.5 cm³/mol. The van der Waals surface area contributed by atoms with Gasteiger partial charge in [0.2, 0.25) is 0 Å². The van der Waals surface area contributed by atoms with Crippen molar-refractivity contribution in [2.75, 3.05) is 13.2 Å². The Labute approximate surface area is 149 Å². The van der Waals surface area contributed by atoms with Gasteiger partial charge in [0.25, 0.3) is 0 Å². The fourth-order valence-electron chi connectivity index (χ4n) is 2.48. The standard InChI is InChI=1S/C21H27NO3/c1-21(22,15-23)16-25-14-18-10-12-19(13-11-18)20(24)9-5-8-17-6-3-2-4-7-17/h2-4,6-7,10-13,23H,5,8-9,14-16,22H2,1H3. The zero-order valence-corrected chi connectivity index (χ0v) is 14.8. The molecule has 25 heavy (non-hydrogen) atoms. The van der Waals surface area contributed by atoms with E-state index < -0.39 is 5.54 Å². The Morgan fingerprint density at radius 3 is 2.40 bits per heavy atom. The first-order chi connectivity index (χ1) is 12.0. The maximum atomic E-state index is 12.3. The second-order valence-electron chi connectivity index (χ2n) is 6.76. The zero-order chi connectivity index (χ0) is 18.1. The van der Waals surface area contributed by atoms with Crippen molar-refractivity contribution in [3.05, 3.63) is 71.3 Å². The molecule has 2 aromatic rings. The summed E-state index contributed by atoms with van der Waals surface area (Å²) in [4.78, 5) is 12.3. The van der Waals surface area contributed by atoms with Crippen molar-refractivity contribution in [2.45, 2.75) is 38.3 Å². The van der Waals surface area contributed by atoms with Crippen molar-refractivity contribution < 1.29 is 14.6 Å². The van der Waals surface area contributed by atoms with Crippen molar-refractivity contribution in [3.63, 3.8) is 0 Å². The van der Waals surface area contributed by atoms with Gasteiger partial charge in [-0.25, -0.2) is 0 Å². The van der Waals surface area contributed by atoms with Crippen molar-refractivity contribution in [1.29, 1.82) is 0 Å². The van der Waals surface area contributed by atoms with Crippen LogP contribution in [0.3, 0.4) is 0 Å². The van der Waals surface area contributed by atoms with E-state index in [0.29, 0.717) is 13.0 Å². The van der Waals surface area contributed by atoms with Crippen LogP contribution in [0.25, 0.3) is 0 Å². The largest absolute Gasteiger partial charge is 0.394 e. The van der Waals surface area contributed by atoms with Crippen LogP contribution in [0.1, 0.15) is 41.3 Å². The lowest BCUT2D eigenvalue weighted by atomic mass is 10.0. The highest BCUT2D eigenvalue weighted by Gasteiger charge is 2.16. The lowest BCUT2D eigenvalue weighted by Crippen LogP contribution is -2.44. The van der Waals surface area contributed by atoms with E-state index in [0.717, 1.165) is 24.0 Å². The summed E-state index contributed by atoms with van der Waals surface area (Å²) in [7, 11) is 0. The number of rotatable bonds is 10. The third-order valence-electron chi connectivity index (χ3n) is 4.05. The molecule has 3 N–H and O–H groups in total. The van der Waals surface area contributed by atoms with Gasteiger partial charge in [0.15, 0.2) is 5.78 Å². The van der Waals surface area contributed by atoms with Crippen LogP contribution in [0.2, 0.25) is 0 Å². The molecule has 0 aliphatic carbocycles. The van der Waals surface area contributed by atoms with E-state index in [2.05, 4.69) is 12.1 Å². The van der Waals surface area contributed by atoms with Gasteiger partial charge < -0.3 is 15.6 Å². The van der Waals surface area contributed by atoms with Crippen LogP contribution >= 0.6 is 0 Å².